The van der Waals surface area contributed by atoms with Gasteiger partial charge in [-0.3, -0.25) is 9.59 Å². The molecule has 1 aromatic carbocycles. The number of aromatic amines is 1. The van der Waals surface area contributed by atoms with Gasteiger partial charge in [-0.05, 0) is 90.6 Å². The average molecular weight is 531 g/mol. The van der Waals surface area contributed by atoms with Gasteiger partial charge in [0.1, 0.15) is 11.6 Å². The number of nitrogens with one attached hydrogen (secondary N) is 1. The molecular formula is C31H38N4O4. The van der Waals surface area contributed by atoms with E-state index in [4.69, 9.17) is 9.47 Å². The highest BCUT2D eigenvalue weighted by Gasteiger charge is 2.56. The number of H-pyrrole nitrogens is 1. The SMILES string of the molecule is Cc1cc(C)c(CN2CC3(CC3)c3c(C#N)c4c(c(C)c3C2=O)O[C@@](C)(C2CCC(N(C)C)CC2)O4)c(=O)[nH]1. The maximum Gasteiger partial charge on any atom is 0.254 e. The number of hydrogen-bond acceptors (Lipinski definition) is 6. The molecule has 8 nitrogen and oxygen atoms in total. The first kappa shape index (κ1) is 25.9. The normalized spacial score (nSPS) is 26.6. The Hall–Kier alpha value is -3.31. The van der Waals surface area contributed by atoms with Gasteiger partial charge in [0.25, 0.3) is 17.3 Å². The lowest BCUT2D eigenvalue weighted by Gasteiger charge is -2.39. The van der Waals surface area contributed by atoms with Crippen LogP contribution in [-0.2, 0) is 12.0 Å². The Morgan fingerprint density at radius 3 is 2.36 bits per heavy atom. The summed E-state index contributed by atoms with van der Waals surface area (Å²) >= 11 is 0. The van der Waals surface area contributed by atoms with Crippen molar-refractivity contribution in [2.75, 3.05) is 20.6 Å². The van der Waals surface area contributed by atoms with Crippen LogP contribution in [0, 0.1) is 38.0 Å². The van der Waals surface area contributed by atoms with E-state index in [9.17, 15) is 14.9 Å². The molecule has 2 fully saturated rings. The number of amides is 1. The fourth-order valence-electron chi connectivity index (χ4n) is 7.29. The van der Waals surface area contributed by atoms with Gasteiger partial charge in [-0.25, -0.2) is 0 Å². The molecular weight excluding hydrogens is 492 g/mol. The number of rotatable bonds is 4. The molecule has 0 unspecified atom stereocenters. The zero-order valence-electron chi connectivity index (χ0n) is 23.9. The minimum Gasteiger partial charge on any atom is -0.448 e. The van der Waals surface area contributed by atoms with Crippen LogP contribution in [0.4, 0.5) is 0 Å². The highest BCUT2D eigenvalue weighted by molar-refractivity contribution is 6.01. The van der Waals surface area contributed by atoms with E-state index < -0.39 is 5.79 Å². The molecule has 39 heavy (non-hydrogen) atoms. The van der Waals surface area contributed by atoms with E-state index in [0.717, 1.165) is 60.9 Å². The molecule has 6 rings (SSSR count). The number of ether oxygens (including phenoxy) is 2. The van der Waals surface area contributed by atoms with E-state index in [0.29, 0.717) is 40.8 Å². The molecule has 2 aromatic rings. The van der Waals surface area contributed by atoms with Crippen molar-refractivity contribution >= 4 is 5.91 Å². The van der Waals surface area contributed by atoms with E-state index in [-0.39, 0.29) is 29.3 Å². The Balaban J connectivity index is 1.38. The first-order valence-electron chi connectivity index (χ1n) is 14.1. The van der Waals surface area contributed by atoms with Crippen LogP contribution >= 0.6 is 0 Å². The average Bonchev–Trinajstić information content (AvgIpc) is 3.56. The zero-order valence-corrected chi connectivity index (χ0v) is 23.9. The highest BCUT2D eigenvalue weighted by atomic mass is 16.7. The number of nitriles is 1. The summed E-state index contributed by atoms with van der Waals surface area (Å²) < 4.78 is 13.2. The van der Waals surface area contributed by atoms with Gasteiger partial charge in [-0.1, -0.05) is 0 Å². The second-order valence-electron chi connectivity index (χ2n) is 12.6. The van der Waals surface area contributed by atoms with Crippen molar-refractivity contribution in [3.05, 3.63) is 55.5 Å². The van der Waals surface area contributed by atoms with Crippen LogP contribution in [0.1, 0.15) is 89.3 Å². The lowest BCUT2D eigenvalue weighted by Crippen LogP contribution is -2.46. The molecule has 4 aliphatic rings. The molecule has 0 radical (unpaired) electrons. The van der Waals surface area contributed by atoms with E-state index in [1.165, 1.54) is 0 Å². The molecule has 2 aliphatic carbocycles. The summed E-state index contributed by atoms with van der Waals surface area (Å²) in [6.07, 6.45) is 5.90. The van der Waals surface area contributed by atoms with Gasteiger partial charge in [0.05, 0.1) is 12.1 Å². The lowest BCUT2D eigenvalue weighted by molar-refractivity contribution is -0.123. The van der Waals surface area contributed by atoms with Crippen molar-refractivity contribution in [3.8, 4) is 17.6 Å². The summed E-state index contributed by atoms with van der Waals surface area (Å²) in [4.78, 5) is 33.8. The van der Waals surface area contributed by atoms with Crippen molar-refractivity contribution in [1.82, 2.24) is 14.8 Å². The maximum absolute atomic E-state index is 14.1. The predicted octanol–water partition coefficient (Wildman–Crippen LogP) is 4.47. The van der Waals surface area contributed by atoms with Crippen LogP contribution in [0.25, 0.3) is 0 Å². The van der Waals surface area contributed by atoms with Gasteiger partial charge < -0.3 is 24.3 Å². The molecule has 8 heteroatoms. The summed E-state index contributed by atoms with van der Waals surface area (Å²) in [5.74, 6) is 0.207. The second kappa shape index (κ2) is 8.85. The third-order valence-corrected chi connectivity index (χ3v) is 9.76. The number of carbonyl (C=O) groups is 1. The Kier molecular flexibility index (Phi) is 5.89. The lowest BCUT2D eigenvalue weighted by atomic mass is 9.80. The molecule has 0 bridgehead atoms. The van der Waals surface area contributed by atoms with Gasteiger partial charge in [-0.2, -0.15) is 5.26 Å². The number of nitrogens with zero attached hydrogens (tertiary/aromatic N) is 3. The predicted molar refractivity (Wildman–Crippen MR) is 147 cm³/mol. The van der Waals surface area contributed by atoms with Crippen LogP contribution in [-0.4, -0.2) is 53.2 Å². The van der Waals surface area contributed by atoms with Crippen LogP contribution in [0.3, 0.4) is 0 Å². The molecule has 0 saturated heterocycles. The summed E-state index contributed by atoms with van der Waals surface area (Å²) in [7, 11) is 4.25. The molecule has 1 amide bonds. The smallest absolute Gasteiger partial charge is 0.254 e. The van der Waals surface area contributed by atoms with Gasteiger partial charge in [-0.15, -0.1) is 0 Å². The minimum atomic E-state index is -0.869. The number of fused-ring (bicyclic) bond motifs is 3. The van der Waals surface area contributed by atoms with Crippen LogP contribution < -0.4 is 15.0 Å². The van der Waals surface area contributed by atoms with Crippen LogP contribution in [0.5, 0.6) is 11.5 Å². The van der Waals surface area contributed by atoms with E-state index in [2.05, 4.69) is 30.0 Å². The first-order chi connectivity index (χ1) is 18.5. The third-order valence-electron chi connectivity index (χ3n) is 9.76. The Morgan fingerprint density at radius 2 is 1.77 bits per heavy atom. The summed E-state index contributed by atoms with van der Waals surface area (Å²) in [6, 6.07) is 4.91. The van der Waals surface area contributed by atoms with E-state index in [1.807, 2.05) is 33.8 Å². The molecule has 2 aliphatic heterocycles. The van der Waals surface area contributed by atoms with Crippen molar-refractivity contribution in [3.63, 3.8) is 0 Å². The Morgan fingerprint density at radius 1 is 1.10 bits per heavy atom. The molecule has 2 saturated carbocycles. The topological polar surface area (TPSA) is 98.7 Å². The van der Waals surface area contributed by atoms with Crippen molar-refractivity contribution < 1.29 is 14.3 Å². The monoisotopic (exact) mass is 530 g/mol. The minimum absolute atomic E-state index is 0.151. The number of aryl methyl sites for hydroxylation is 2. The second-order valence-corrected chi connectivity index (χ2v) is 12.6. The highest BCUT2D eigenvalue weighted by Crippen LogP contribution is 2.60. The summed E-state index contributed by atoms with van der Waals surface area (Å²) in [5, 5.41) is 10.4. The number of pyridine rings is 1. The molecule has 206 valence electrons. The van der Waals surface area contributed by atoms with Crippen LogP contribution in [0.2, 0.25) is 0 Å². The van der Waals surface area contributed by atoms with Gasteiger partial charge in [0, 0.05) is 47.7 Å². The van der Waals surface area contributed by atoms with Crippen LogP contribution in [0.15, 0.2) is 10.9 Å². The number of carbonyl (C=O) groups excluding carboxylic acids is 1. The maximum atomic E-state index is 14.1. The van der Waals surface area contributed by atoms with E-state index in [1.54, 1.807) is 4.90 Å². The fraction of sp³-hybridized carbons (Fsp3) is 0.581. The number of benzene rings is 1. The first-order valence-corrected chi connectivity index (χ1v) is 14.1. The Bertz CT molecular complexity index is 1470. The largest absolute Gasteiger partial charge is 0.448 e. The van der Waals surface area contributed by atoms with Crippen molar-refractivity contribution in [2.24, 2.45) is 5.92 Å². The summed E-state index contributed by atoms with van der Waals surface area (Å²) in [5.41, 5.74) is 4.40. The van der Waals surface area contributed by atoms with Gasteiger partial charge in [0.15, 0.2) is 11.5 Å². The molecule has 1 N–H and O–H groups in total. The molecule has 1 aromatic heterocycles. The Labute approximate surface area is 229 Å². The van der Waals surface area contributed by atoms with E-state index >= 15 is 0 Å². The fourth-order valence-corrected chi connectivity index (χ4v) is 7.29. The third kappa shape index (κ3) is 3.97. The molecule has 1 spiro atoms. The van der Waals surface area contributed by atoms with Crippen molar-refractivity contribution in [2.45, 2.75) is 90.0 Å². The standard InChI is InChI=1S/C31H38N4O4/c1-17-13-18(2)33-28(36)23(17)15-35-16-31(11-12-31)25-22(14-32)27-26(19(3)24(25)29(35)37)38-30(4,39-27)20-7-9-21(10-8-20)34(5)6/h13,20-21H,7-12,15-16H2,1-6H3,(H,33,36)/t20?,21?,30-/m1/s1. The number of hydrogen-bond donors (Lipinski definition) is 1. The summed E-state index contributed by atoms with van der Waals surface area (Å²) in [6.45, 7) is 8.40. The zero-order chi connectivity index (χ0) is 27.9. The van der Waals surface area contributed by atoms with Crippen molar-refractivity contribution in [1.29, 1.82) is 5.26 Å². The quantitative estimate of drug-likeness (QED) is 0.627. The van der Waals surface area contributed by atoms with Gasteiger partial charge in [0.2, 0.25) is 0 Å². The molecule has 1 atom stereocenters. The number of aromatic nitrogens is 1. The van der Waals surface area contributed by atoms with Gasteiger partial charge >= 0.3 is 0 Å². The molecule has 3 heterocycles.